The Morgan fingerprint density at radius 1 is 1.04 bits per heavy atom. The SMILES string of the molecule is O=C(c1cc2ccccc2n1Cc1ccccc1F)N(CC1CC1)C1CC1. The summed E-state index contributed by atoms with van der Waals surface area (Å²) in [6.45, 7) is 1.23. The Balaban J connectivity index is 1.56. The van der Waals surface area contributed by atoms with Crippen LogP contribution in [0, 0.1) is 11.7 Å². The van der Waals surface area contributed by atoms with Crippen molar-refractivity contribution in [2.24, 2.45) is 5.92 Å². The number of amides is 1. The second-order valence-corrected chi connectivity index (χ2v) is 7.90. The second-order valence-electron chi connectivity index (χ2n) is 7.90. The predicted octanol–water partition coefficient (Wildman–Crippen LogP) is 4.84. The van der Waals surface area contributed by atoms with E-state index in [4.69, 9.17) is 0 Å². The summed E-state index contributed by atoms with van der Waals surface area (Å²) in [5, 5.41) is 1.03. The fraction of sp³-hybridized carbons (Fsp3) is 0.348. The van der Waals surface area contributed by atoms with Crippen molar-refractivity contribution in [2.75, 3.05) is 6.54 Å². The molecule has 1 aromatic heterocycles. The highest BCUT2D eigenvalue weighted by Crippen LogP contribution is 2.36. The number of hydrogen-bond donors (Lipinski definition) is 0. The molecule has 5 rings (SSSR count). The molecule has 0 N–H and O–H groups in total. The van der Waals surface area contributed by atoms with Gasteiger partial charge in [-0.2, -0.15) is 0 Å². The highest BCUT2D eigenvalue weighted by atomic mass is 19.1. The third kappa shape index (κ3) is 3.25. The van der Waals surface area contributed by atoms with Crippen molar-refractivity contribution in [3.05, 3.63) is 71.7 Å². The van der Waals surface area contributed by atoms with Gasteiger partial charge in [-0.1, -0.05) is 36.4 Å². The number of benzene rings is 2. The molecule has 2 saturated carbocycles. The molecule has 0 unspecified atom stereocenters. The Morgan fingerprint density at radius 3 is 2.52 bits per heavy atom. The Morgan fingerprint density at radius 2 is 1.78 bits per heavy atom. The van der Waals surface area contributed by atoms with E-state index < -0.39 is 0 Å². The van der Waals surface area contributed by atoms with Gasteiger partial charge in [0.05, 0.1) is 6.54 Å². The standard InChI is InChI=1S/C23H23FN2O/c24-20-7-3-1-6-18(20)15-26-21-8-4-2-5-17(21)13-22(26)23(27)25(19-11-12-19)14-16-9-10-16/h1-8,13,16,19H,9-12,14-15H2. The second kappa shape index (κ2) is 6.52. The van der Waals surface area contributed by atoms with Crippen LogP contribution < -0.4 is 0 Å². The molecule has 2 aliphatic rings. The fourth-order valence-electron chi connectivity index (χ4n) is 3.86. The van der Waals surface area contributed by atoms with Crippen molar-refractivity contribution in [1.29, 1.82) is 0 Å². The molecule has 0 bridgehead atoms. The molecule has 0 atom stereocenters. The maximum absolute atomic E-state index is 14.3. The van der Waals surface area contributed by atoms with E-state index in [-0.39, 0.29) is 11.7 Å². The lowest BCUT2D eigenvalue weighted by molar-refractivity contribution is 0.0724. The van der Waals surface area contributed by atoms with Crippen LogP contribution in [-0.4, -0.2) is 28.0 Å². The summed E-state index contributed by atoms with van der Waals surface area (Å²) in [5.74, 6) is 0.529. The zero-order chi connectivity index (χ0) is 18.4. The van der Waals surface area contributed by atoms with E-state index in [0.717, 1.165) is 30.3 Å². The summed E-state index contributed by atoms with van der Waals surface area (Å²) in [6, 6.07) is 17.1. The number of halogens is 1. The average Bonchev–Trinajstić information content (AvgIpc) is 3.59. The van der Waals surface area contributed by atoms with E-state index in [0.29, 0.717) is 29.8 Å². The van der Waals surface area contributed by atoms with Gasteiger partial charge in [-0.25, -0.2) is 4.39 Å². The molecule has 1 heterocycles. The minimum atomic E-state index is -0.231. The molecule has 2 fully saturated rings. The zero-order valence-electron chi connectivity index (χ0n) is 15.3. The molecule has 2 aliphatic carbocycles. The number of aromatic nitrogens is 1. The Kier molecular flexibility index (Phi) is 4.00. The minimum Gasteiger partial charge on any atom is -0.334 e. The predicted molar refractivity (Wildman–Crippen MR) is 104 cm³/mol. The molecule has 0 aliphatic heterocycles. The van der Waals surface area contributed by atoms with Crippen LogP contribution in [0.1, 0.15) is 41.7 Å². The van der Waals surface area contributed by atoms with Gasteiger partial charge in [0.25, 0.3) is 5.91 Å². The average molecular weight is 362 g/mol. The number of carbonyl (C=O) groups excluding carboxylic acids is 1. The van der Waals surface area contributed by atoms with E-state index in [9.17, 15) is 9.18 Å². The molecular formula is C23H23FN2O. The molecule has 0 spiro atoms. The van der Waals surface area contributed by atoms with Crippen molar-refractivity contribution >= 4 is 16.8 Å². The zero-order valence-corrected chi connectivity index (χ0v) is 15.3. The number of carbonyl (C=O) groups is 1. The molecule has 3 aromatic rings. The largest absolute Gasteiger partial charge is 0.334 e. The summed E-state index contributed by atoms with van der Waals surface area (Å²) < 4.78 is 16.3. The first-order valence-corrected chi connectivity index (χ1v) is 9.83. The van der Waals surface area contributed by atoms with E-state index in [2.05, 4.69) is 4.90 Å². The highest BCUT2D eigenvalue weighted by molar-refractivity contribution is 5.99. The lowest BCUT2D eigenvalue weighted by atomic mass is 10.2. The molecule has 2 aromatic carbocycles. The molecular weight excluding hydrogens is 339 g/mol. The van der Waals surface area contributed by atoms with Gasteiger partial charge in [-0.15, -0.1) is 0 Å². The van der Waals surface area contributed by atoms with Crippen molar-refractivity contribution in [2.45, 2.75) is 38.3 Å². The number of nitrogens with zero attached hydrogens (tertiary/aromatic N) is 2. The summed E-state index contributed by atoms with van der Waals surface area (Å²) >= 11 is 0. The van der Waals surface area contributed by atoms with Gasteiger partial charge >= 0.3 is 0 Å². The van der Waals surface area contributed by atoms with Gasteiger partial charge in [-0.05, 0) is 49.8 Å². The first-order chi connectivity index (χ1) is 13.2. The summed E-state index contributed by atoms with van der Waals surface area (Å²) in [4.78, 5) is 15.5. The minimum absolute atomic E-state index is 0.0944. The van der Waals surface area contributed by atoms with Gasteiger partial charge in [0.1, 0.15) is 11.5 Å². The van der Waals surface area contributed by atoms with Gasteiger partial charge in [-0.3, -0.25) is 4.79 Å². The van der Waals surface area contributed by atoms with Gasteiger partial charge in [0.15, 0.2) is 0 Å². The quantitative estimate of drug-likeness (QED) is 0.616. The van der Waals surface area contributed by atoms with Crippen LogP contribution in [-0.2, 0) is 6.54 Å². The first kappa shape index (κ1) is 16.5. The van der Waals surface area contributed by atoms with Crippen LogP contribution in [0.25, 0.3) is 10.9 Å². The lowest BCUT2D eigenvalue weighted by Crippen LogP contribution is -2.36. The molecule has 138 valence electrons. The first-order valence-electron chi connectivity index (χ1n) is 9.83. The van der Waals surface area contributed by atoms with Crippen molar-refractivity contribution in [1.82, 2.24) is 9.47 Å². The van der Waals surface area contributed by atoms with E-state index in [1.54, 1.807) is 12.1 Å². The van der Waals surface area contributed by atoms with Crippen molar-refractivity contribution in [3.63, 3.8) is 0 Å². The molecule has 27 heavy (non-hydrogen) atoms. The normalized spacial score (nSPS) is 16.6. The molecule has 4 heteroatoms. The summed E-state index contributed by atoms with van der Waals surface area (Å²) in [5.41, 5.74) is 2.26. The molecule has 0 saturated heterocycles. The lowest BCUT2D eigenvalue weighted by Gasteiger charge is -2.23. The van der Waals surface area contributed by atoms with Crippen LogP contribution in [0.15, 0.2) is 54.6 Å². The Labute approximate surface area is 158 Å². The number of hydrogen-bond acceptors (Lipinski definition) is 1. The van der Waals surface area contributed by atoms with E-state index >= 15 is 0 Å². The van der Waals surface area contributed by atoms with Gasteiger partial charge in [0.2, 0.25) is 0 Å². The summed E-state index contributed by atoms with van der Waals surface area (Å²) in [7, 11) is 0. The third-order valence-corrected chi connectivity index (χ3v) is 5.72. The number of rotatable bonds is 6. The van der Waals surface area contributed by atoms with Crippen LogP contribution >= 0.6 is 0 Å². The monoisotopic (exact) mass is 362 g/mol. The fourth-order valence-corrected chi connectivity index (χ4v) is 3.86. The van der Waals surface area contributed by atoms with Crippen LogP contribution in [0.3, 0.4) is 0 Å². The highest BCUT2D eigenvalue weighted by Gasteiger charge is 2.37. The van der Waals surface area contributed by atoms with Crippen molar-refractivity contribution in [3.8, 4) is 0 Å². The molecule has 1 amide bonds. The van der Waals surface area contributed by atoms with Gasteiger partial charge < -0.3 is 9.47 Å². The third-order valence-electron chi connectivity index (χ3n) is 5.72. The van der Waals surface area contributed by atoms with Gasteiger partial charge in [0, 0.05) is 29.1 Å². The van der Waals surface area contributed by atoms with Crippen molar-refractivity contribution < 1.29 is 9.18 Å². The summed E-state index contributed by atoms with van der Waals surface area (Å²) in [6.07, 6.45) is 4.67. The van der Waals surface area contributed by atoms with E-state index in [1.807, 2.05) is 41.0 Å². The Bertz CT molecular complexity index is 1000. The Hall–Kier alpha value is -2.62. The van der Waals surface area contributed by atoms with Crippen LogP contribution in [0.4, 0.5) is 4.39 Å². The van der Waals surface area contributed by atoms with Crippen LogP contribution in [0.5, 0.6) is 0 Å². The maximum Gasteiger partial charge on any atom is 0.270 e. The molecule has 3 nitrogen and oxygen atoms in total. The number of para-hydroxylation sites is 1. The van der Waals surface area contributed by atoms with E-state index in [1.165, 1.54) is 18.9 Å². The number of fused-ring (bicyclic) bond motifs is 1. The van der Waals surface area contributed by atoms with Crippen LogP contribution in [0.2, 0.25) is 0 Å². The topological polar surface area (TPSA) is 25.2 Å². The molecule has 0 radical (unpaired) electrons. The maximum atomic E-state index is 14.3. The smallest absolute Gasteiger partial charge is 0.270 e.